The van der Waals surface area contributed by atoms with Crippen LogP contribution in [-0.2, 0) is 4.79 Å². The number of benzene rings is 1. The number of ether oxygens (including phenoxy) is 2. The molecule has 0 aliphatic carbocycles. The molecule has 1 saturated heterocycles. The number of aromatic hydroxyl groups is 1. The number of phenols is 1. The molecule has 0 atom stereocenters. The number of carbonyl (C=O) groups excluding carboxylic acids is 1. The van der Waals surface area contributed by atoms with Crippen LogP contribution < -0.4 is 9.47 Å². The SMILES string of the molecule is CCN=C1S/C(=C\c2cc(OC)c(O)c(OC)c2)C(=O)N1CC. The van der Waals surface area contributed by atoms with E-state index in [9.17, 15) is 9.90 Å². The first-order valence-corrected chi connectivity index (χ1v) is 8.08. The van der Waals surface area contributed by atoms with Gasteiger partial charge in [-0.15, -0.1) is 0 Å². The molecule has 0 spiro atoms. The van der Waals surface area contributed by atoms with Crippen molar-refractivity contribution in [1.82, 2.24) is 4.90 Å². The molecule has 1 aromatic carbocycles. The zero-order valence-electron chi connectivity index (χ0n) is 13.6. The number of likely N-dealkylation sites (N-methyl/N-ethyl adjacent to an activating group) is 1. The Bertz CT molecular complexity index is 645. The lowest BCUT2D eigenvalue weighted by Crippen LogP contribution is -2.28. The summed E-state index contributed by atoms with van der Waals surface area (Å²) in [5.74, 6) is 0.449. The van der Waals surface area contributed by atoms with Crippen molar-refractivity contribution in [2.75, 3.05) is 27.3 Å². The summed E-state index contributed by atoms with van der Waals surface area (Å²) in [6.07, 6.45) is 1.75. The maximum atomic E-state index is 12.4. The number of carbonyl (C=O) groups is 1. The summed E-state index contributed by atoms with van der Waals surface area (Å²) in [6.45, 7) is 5.05. The fraction of sp³-hybridized carbons (Fsp3) is 0.375. The second-order valence-electron chi connectivity index (χ2n) is 4.69. The van der Waals surface area contributed by atoms with Crippen LogP contribution in [-0.4, -0.2) is 48.4 Å². The summed E-state index contributed by atoms with van der Waals surface area (Å²) in [5.41, 5.74) is 0.709. The number of hydrogen-bond donors (Lipinski definition) is 1. The van der Waals surface area contributed by atoms with Gasteiger partial charge in [0.05, 0.1) is 19.1 Å². The molecule has 1 aliphatic heterocycles. The van der Waals surface area contributed by atoms with Crippen molar-refractivity contribution >= 4 is 28.9 Å². The van der Waals surface area contributed by atoms with Gasteiger partial charge in [-0.3, -0.25) is 14.7 Å². The Morgan fingerprint density at radius 1 is 1.26 bits per heavy atom. The number of phenolic OH excluding ortho intramolecular Hbond substituents is 1. The number of amides is 1. The van der Waals surface area contributed by atoms with Gasteiger partial charge in [0, 0.05) is 13.1 Å². The van der Waals surface area contributed by atoms with E-state index in [2.05, 4.69) is 4.99 Å². The van der Waals surface area contributed by atoms with Gasteiger partial charge >= 0.3 is 0 Å². The normalized spacial score (nSPS) is 18.1. The minimum absolute atomic E-state index is 0.0639. The van der Waals surface area contributed by atoms with Gasteiger partial charge < -0.3 is 14.6 Å². The van der Waals surface area contributed by atoms with Crippen molar-refractivity contribution in [3.05, 3.63) is 22.6 Å². The van der Waals surface area contributed by atoms with E-state index < -0.39 is 0 Å². The molecule has 1 fully saturated rings. The number of hydrogen-bond acceptors (Lipinski definition) is 6. The third-order valence-electron chi connectivity index (χ3n) is 3.30. The molecule has 0 bridgehead atoms. The van der Waals surface area contributed by atoms with E-state index >= 15 is 0 Å². The fourth-order valence-electron chi connectivity index (χ4n) is 2.19. The predicted octanol–water partition coefficient (Wildman–Crippen LogP) is 2.72. The molecular formula is C16H20N2O4S. The molecule has 0 radical (unpaired) electrons. The van der Waals surface area contributed by atoms with E-state index in [0.29, 0.717) is 40.2 Å². The van der Waals surface area contributed by atoms with Gasteiger partial charge in [0.25, 0.3) is 5.91 Å². The average molecular weight is 336 g/mol. The summed E-state index contributed by atoms with van der Waals surface area (Å²) >= 11 is 1.35. The van der Waals surface area contributed by atoms with Crippen LogP contribution in [0.3, 0.4) is 0 Å². The quantitative estimate of drug-likeness (QED) is 0.837. The summed E-state index contributed by atoms with van der Waals surface area (Å²) in [7, 11) is 2.93. The number of nitrogens with zero attached hydrogens (tertiary/aromatic N) is 2. The third kappa shape index (κ3) is 3.44. The van der Waals surface area contributed by atoms with Gasteiger partial charge in [0.15, 0.2) is 16.7 Å². The zero-order chi connectivity index (χ0) is 17.0. The maximum absolute atomic E-state index is 12.4. The Labute approximate surface area is 139 Å². The van der Waals surface area contributed by atoms with Crippen molar-refractivity contribution in [2.45, 2.75) is 13.8 Å². The number of rotatable bonds is 5. The second-order valence-corrected chi connectivity index (χ2v) is 5.70. The van der Waals surface area contributed by atoms with Crippen molar-refractivity contribution in [3.8, 4) is 17.2 Å². The van der Waals surface area contributed by atoms with E-state index in [1.54, 1.807) is 23.1 Å². The Balaban J connectivity index is 2.42. The van der Waals surface area contributed by atoms with Crippen LogP contribution in [0.1, 0.15) is 19.4 Å². The standard InChI is InChI=1S/C16H20N2O4S/c1-5-17-16-18(6-2)15(20)13(23-16)9-10-7-11(21-3)14(19)12(8-10)22-4/h7-9,19H,5-6H2,1-4H3/b13-9-,17-16?. The highest BCUT2D eigenvalue weighted by Crippen LogP contribution is 2.39. The molecule has 1 aliphatic rings. The van der Waals surface area contributed by atoms with Gasteiger partial charge in [-0.2, -0.15) is 0 Å². The van der Waals surface area contributed by atoms with E-state index in [-0.39, 0.29) is 11.7 Å². The number of thioether (sulfide) groups is 1. The number of methoxy groups -OCH3 is 2. The van der Waals surface area contributed by atoms with Gasteiger partial charge in [-0.25, -0.2) is 0 Å². The lowest BCUT2D eigenvalue weighted by atomic mass is 10.1. The van der Waals surface area contributed by atoms with Crippen LogP contribution in [0.25, 0.3) is 6.08 Å². The Kier molecular flexibility index (Phi) is 5.54. The lowest BCUT2D eigenvalue weighted by molar-refractivity contribution is -0.122. The second kappa shape index (κ2) is 7.41. The molecule has 6 nitrogen and oxygen atoms in total. The summed E-state index contributed by atoms with van der Waals surface area (Å²) in [5, 5.41) is 10.7. The minimum atomic E-state index is -0.0734. The highest BCUT2D eigenvalue weighted by atomic mass is 32.2. The molecule has 0 aromatic heterocycles. The van der Waals surface area contributed by atoms with E-state index in [0.717, 1.165) is 0 Å². The molecule has 1 amide bonds. The highest BCUT2D eigenvalue weighted by molar-refractivity contribution is 8.18. The van der Waals surface area contributed by atoms with Crippen LogP contribution in [0.4, 0.5) is 0 Å². The number of amidine groups is 1. The van der Waals surface area contributed by atoms with Gasteiger partial charge in [0.1, 0.15) is 0 Å². The third-order valence-corrected chi connectivity index (χ3v) is 4.34. The molecule has 1 aromatic rings. The molecule has 7 heteroatoms. The number of aliphatic imine (C=N–C) groups is 1. The summed E-state index contributed by atoms with van der Waals surface area (Å²) in [6, 6.07) is 3.31. The molecule has 124 valence electrons. The summed E-state index contributed by atoms with van der Waals surface area (Å²) in [4.78, 5) is 19.0. The Morgan fingerprint density at radius 3 is 2.35 bits per heavy atom. The van der Waals surface area contributed by atoms with Crippen molar-refractivity contribution < 1.29 is 19.4 Å². The first-order chi connectivity index (χ1) is 11.0. The van der Waals surface area contributed by atoms with Crippen LogP contribution in [0.15, 0.2) is 22.0 Å². The van der Waals surface area contributed by atoms with E-state index in [1.807, 2.05) is 13.8 Å². The zero-order valence-corrected chi connectivity index (χ0v) is 14.4. The van der Waals surface area contributed by atoms with Crippen molar-refractivity contribution in [3.63, 3.8) is 0 Å². The molecule has 1 N–H and O–H groups in total. The fourth-order valence-corrected chi connectivity index (χ4v) is 3.29. The topological polar surface area (TPSA) is 71.4 Å². The minimum Gasteiger partial charge on any atom is -0.502 e. The smallest absolute Gasteiger partial charge is 0.266 e. The molecule has 23 heavy (non-hydrogen) atoms. The Morgan fingerprint density at radius 2 is 1.87 bits per heavy atom. The van der Waals surface area contributed by atoms with Crippen LogP contribution >= 0.6 is 11.8 Å². The molecule has 0 unspecified atom stereocenters. The molecule has 2 rings (SSSR count). The largest absolute Gasteiger partial charge is 0.502 e. The molecule has 0 saturated carbocycles. The van der Waals surface area contributed by atoms with Gasteiger partial charge in [0.2, 0.25) is 5.75 Å². The van der Waals surface area contributed by atoms with Gasteiger partial charge in [-0.05, 0) is 49.4 Å². The molecular weight excluding hydrogens is 316 g/mol. The Hall–Kier alpha value is -2.15. The maximum Gasteiger partial charge on any atom is 0.266 e. The predicted molar refractivity (Wildman–Crippen MR) is 92.1 cm³/mol. The highest BCUT2D eigenvalue weighted by Gasteiger charge is 2.31. The first-order valence-electron chi connectivity index (χ1n) is 7.26. The van der Waals surface area contributed by atoms with Crippen LogP contribution in [0.5, 0.6) is 17.2 Å². The van der Waals surface area contributed by atoms with Crippen molar-refractivity contribution in [2.24, 2.45) is 4.99 Å². The van der Waals surface area contributed by atoms with Gasteiger partial charge in [-0.1, -0.05) is 0 Å². The van der Waals surface area contributed by atoms with Crippen LogP contribution in [0.2, 0.25) is 0 Å². The molecule has 1 heterocycles. The average Bonchev–Trinajstić information content (AvgIpc) is 2.84. The lowest BCUT2D eigenvalue weighted by Gasteiger charge is -2.11. The first kappa shape index (κ1) is 17.2. The van der Waals surface area contributed by atoms with E-state index in [4.69, 9.17) is 9.47 Å². The van der Waals surface area contributed by atoms with E-state index in [1.165, 1.54) is 26.0 Å². The monoisotopic (exact) mass is 336 g/mol. The van der Waals surface area contributed by atoms with Crippen molar-refractivity contribution in [1.29, 1.82) is 0 Å². The van der Waals surface area contributed by atoms with Crippen LogP contribution in [0, 0.1) is 0 Å². The summed E-state index contributed by atoms with van der Waals surface area (Å²) < 4.78 is 10.3.